The van der Waals surface area contributed by atoms with E-state index in [9.17, 15) is 9.18 Å². The quantitative estimate of drug-likeness (QED) is 0.431. The fourth-order valence-electron chi connectivity index (χ4n) is 3.71. The lowest BCUT2D eigenvalue weighted by Crippen LogP contribution is -2.33. The highest BCUT2D eigenvalue weighted by Gasteiger charge is 2.22. The third kappa shape index (κ3) is 4.76. The van der Waals surface area contributed by atoms with Crippen LogP contribution in [0.5, 0.6) is 0 Å². The Hall–Kier alpha value is -3.77. The maximum absolute atomic E-state index is 13.2. The molecule has 1 heterocycles. The average molecular weight is 429 g/mol. The Morgan fingerprint density at radius 2 is 1.56 bits per heavy atom. The van der Waals surface area contributed by atoms with Crippen LogP contribution in [-0.2, 0) is 11.3 Å². The van der Waals surface area contributed by atoms with Crippen LogP contribution in [0.3, 0.4) is 0 Å². The number of carbonyl (C=O) groups excluding carboxylic acids is 1. The molecule has 2 N–H and O–H groups in total. The molecule has 0 saturated heterocycles. The van der Waals surface area contributed by atoms with E-state index in [2.05, 4.69) is 10.6 Å². The Morgan fingerprint density at radius 3 is 2.22 bits per heavy atom. The summed E-state index contributed by atoms with van der Waals surface area (Å²) in [5, 5.41) is 11.0. The first kappa shape index (κ1) is 21.5. The lowest BCUT2D eigenvalue weighted by atomic mass is 10.0. The molecule has 0 aliphatic heterocycles. The molecular weight excluding hydrogens is 403 g/mol. The summed E-state index contributed by atoms with van der Waals surface area (Å²) in [6.45, 7) is 4.47. The van der Waals surface area contributed by atoms with Crippen LogP contribution < -0.4 is 10.6 Å². The van der Waals surface area contributed by atoms with Gasteiger partial charge in [-0.2, -0.15) is 5.10 Å². The molecule has 0 saturated carbocycles. The highest BCUT2D eigenvalue weighted by atomic mass is 19.1. The Kier molecular flexibility index (Phi) is 6.42. The van der Waals surface area contributed by atoms with Gasteiger partial charge in [0.05, 0.1) is 11.4 Å². The lowest BCUT2D eigenvalue weighted by molar-refractivity contribution is -0.118. The zero-order valence-corrected chi connectivity index (χ0v) is 18.0. The molecule has 1 amide bonds. The van der Waals surface area contributed by atoms with E-state index in [-0.39, 0.29) is 11.7 Å². The van der Waals surface area contributed by atoms with Gasteiger partial charge < -0.3 is 5.32 Å². The van der Waals surface area contributed by atoms with Gasteiger partial charge in [-0.15, -0.1) is 0 Å². The van der Waals surface area contributed by atoms with Crippen LogP contribution in [0.1, 0.15) is 28.6 Å². The Bertz CT molecular complexity index is 1190. The SMILES string of the molecule is Cc1nn(-c2ccccc2)c(C)c1CNC(C(=O)Nc1ccc(F)cc1)c1ccccc1. The minimum Gasteiger partial charge on any atom is -0.324 e. The number of hydrogen-bond donors (Lipinski definition) is 2. The van der Waals surface area contributed by atoms with Crippen molar-refractivity contribution in [3.63, 3.8) is 0 Å². The molecule has 0 radical (unpaired) electrons. The summed E-state index contributed by atoms with van der Waals surface area (Å²) >= 11 is 0. The molecule has 0 spiro atoms. The van der Waals surface area contributed by atoms with Gasteiger partial charge in [0.1, 0.15) is 11.9 Å². The number of aromatic nitrogens is 2. The summed E-state index contributed by atoms with van der Waals surface area (Å²) in [4.78, 5) is 13.1. The molecule has 32 heavy (non-hydrogen) atoms. The first-order valence-electron chi connectivity index (χ1n) is 10.5. The van der Waals surface area contributed by atoms with Crippen molar-refractivity contribution >= 4 is 11.6 Å². The van der Waals surface area contributed by atoms with Crippen molar-refractivity contribution in [2.75, 3.05) is 5.32 Å². The summed E-state index contributed by atoms with van der Waals surface area (Å²) in [5.41, 5.74) is 5.36. The zero-order chi connectivity index (χ0) is 22.5. The predicted molar refractivity (Wildman–Crippen MR) is 124 cm³/mol. The largest absolute Gasteiger partial charge is 0.324 e. The number of aryl methyl sites for hydroxylation is 1. The van der Waals surface area contributed by atoms with Crippen molar-refractivity contribution in [2.24, 2.45) is 0 Å². The number of nitrogens with zero attached hydrogens (tertiary/aromatic N) is 2. The first-order valence-corrected chi connectivity index (χ1v) is 10.5. The maximum atomic E-state index is 13.2. The van der Waals surface area contributed by atoms with Gasteiger partial charge in [0.25, 0.3) is 0 Å². The zero-order valence-electron chi connectivity index (χ0n) is 18.0. The normalized spacial score (nSPS) is 11.8. The van der Waals surface area contributed by atoms with Crippen molar-refractivity contribution in [1.29, 1.82) is 0 Å². The van der Waals surface area contributed by atoms with E-state index < -0.39 is 6.04 Å². The Balaban J connectivity index is 1.57. The smallest absolute Gasteiger partial charge is 0.246 e. The molecule has 0 aliphatic rings. The van der Waals surface area contributed by atoms with Crippen LogP contribution in [0, 0.1) is 19.7 Å². The van der Waals surface area contributed by atoms with Crippen molar-refractivity contribution in [1.82, 2.24) is 15.1 Å². The number of benzene rings is 3. The molecule has 1 atom stereocenters. The number of rotatable bonds is 7. The van der Waals surface area contributed by atoms with Crippen molar-refractivity contribution < 1.29 is 9.18 Å². The fourth-order valence-corrected chi connectivity index (χ4v) is 3.71. The number of nitrogens with one attached hydrogen (secondary N) is 2. The molecule has 0 fully saturated rings. The van der Waals surface area contributed by atoms with E-state index in [0.717, 1.165) is 28.2 Å². The average Bonchev–Trinajstić information content (AvgIpc) is 3.10. The fraction of sp³-hybridized carbons (Fsp3) is 0.154. The van der Waals surface area contributed by atoms with Gasteiger partial charge in [-0.25, -0.2) is 9.07 Å². The molecule has 5 nitrogen and oxygen atoms in total. The van der Waals surface area contributed by atoms with Crippen LogP contribution in [0.4, 0.5) is 10.1 Å². The highest BCUT2D eigenvalue weighted by molar-refractivity contribution is 5.95. The van der Waals surface area contributed by atoms with Gasteiger partial charge >= 0.3 is 0 Å². The maximum Gasteiger partial charge on any atom is 0.246 e. The van der Waals surface area contributed by atoms with Crippen molar-refractivity contribution in [3.8, 4) is 5.69 Å². The van der Waals surface area contributed by atoms with Crippen molar-refractivity contribution in [2.45, 2.75) is 26.4 Å². The predicted octanol–water partition coefficient (Wildman–Crippen LogP) is 5.10. The minimum atomic E-state index is -0.583. The monoisotopic (exact) mass is 428 g/mol. The van der Waals surface area contributed by atoms with Gasteiger partial charge in [0, 0.05) is 23.5 Å². The molecule has 4 aromatic rings. The molecule has 3 aromatic carbocycles. The second kappa shape index (κ2) is 9.58. The minimum absolute atomic E-state index is 0.214. The number of carbonyl (C=O) groups is 1. The second-order valence-corrected chi connectivity index (χ2v) is 7.62. The van der Waals surface area contributed by atoms with E-state index >= 15 is 0 Å². The van der Waals surface area contributed by atoms with Gasteiger partial charge in [-0.3, -0.25) is 10.1 Å². The summed E-state index contributed by atoms with van der Waals surface area (Å²) in [6, 6.07) is 24.7. The van der Waals surface area contributed by atoms with E-state index in [1.54, 1.807) is 12.1 Å². The van der Waals surface area contributed by atoms with E-state index in [0.29, 0.717) is 12.2 Å². The molecule has 1 unspecified atom stereocenters. The number of amides is 1. The number of halogens is 1. The Morgan fingerprint density at radius 1 is 0.938 bits per heavy atom. The summed E-state index contributed by atoms with van der Waals surface area (Å²) in [6.07, 6.45) is 0. The van der Waals surface area contributed by atoms with E-state index in [1.807, 2.05) is 79.2 Å². The van der Waals surface area contributed by atoms with Gasteiger partial charge in [-0.1, -0.05) is 48.5 Å². The molecule has 4 rings (SSSR count). The molecule has 0 bridgehead atoms. The summed E-state index contributed by atoms with van der Waals surface area (Å²) < 4.78 is 15.1. The first-order chi connectivity index (χ1) is 15.5. The summed E-state index contributed by atoms with van der Waals surface area (Å²) in [7, 11) is 0. The molecule has 1 aromatic heterocycles. The van der Waals surface area contributed by atoms with Gasteiger partial charge in [0.15, 0.2) is 0 Å². The van der Waals surface area contributed by atoms with Crippen LogP contribution >= 0.6 is 0 Å². The highest BCUT2D eigenvalue weighted by Crippen LogP contribution is 2.21. The van der Waals surface area contributed by atoms with E-state index in [4.69, 9.17) is 5.10 Å². The molecule has 0 aliphatic carbocycles. The number of anilines is 1. The molecular formula is C26H25FN4O. The molecule has 162 valence electrons. The van der Waals surface area contributed by atoms with Crippen LogP contribution in [-0.4, -0.2) is 15.7 Å². The lowest BCUT2D eigenvalue weighted by Gasteiger charge is -2.19. The van der Waals surface area contributed by atoms with Crippen LogP contribution in [0.2, 0.25) is 0 Å². The van der Waals surface area contributed by atoms with Crippen LogP contribution in [0.15, 0.2) is 84.9 Å². The second-order valence-electron chi connectivity index (χ2n) is 7.62. The number of hydrogen-bond acceptors (Lipinski definition) is 3. The van der Waals surface area contributed by atoms with Gasteiger partial charge in [0.2, 0.25) is 5.91 Å². The molecule has 6 heteroatoms. The topological polar surface area (TPSA) is 59.0 Å². The summed E-state index contributed by atoms with van der Waals surface area (Å²) in [5.74, 6) is -0.560. The van der Waals surface area contributed by atoms with Crippen LogP contribution in [0.25, 0.3) is 5.69 Å². The standard InChI is InChI=1S/C26H25FN4O/c1-18-24(19(2)31(30-18)23-11-7-4-8-12-23)17-28-25(20-9-5-3-6-10-20)26(32)29-22-15-13-21(27)14-16-22/h3-16,25,28H,17H2,1-2H3,(H,29,32). The van der Waals surface area contributed by atoms with Crippen molar-refractivity contribution in [3.05, 3.63) is 113 Å². The Labute approximate surface area is 186 Å². The van der Waals surface area contributed by atoms with E-state index in [1.165, 1.54) is 12.1 Å². The third-order valence-electron chi connectivity index (χ3n) is 5.43. The van der Waals surface area contributed by atoms with Gasteiger partial charge in [-0.05, 0) is 55.8 Å². The third-order valence-corrected chi connectivity index (χ3v) is 5.43. The number of para-hydroxylation sites is 1.